The highest BCUT2D eigenvalue weighted by molar-refractivity contribution is 5.26. The van der Waals surface area contributed by atoms with Gasteiger partial charge in [0.25, 0.3) is 0 Å². The zero-order chi connectivity index (χ0) is 12.0. The molecule has 0 fully saturated rings. The summed E-state index contributed by atoms with van der Waals surface area (Å²) in [4.78, 5) is 0. The topological polar surface area (TPSA) is 18.5 Å². The summed E-state index contributed by atoms with van der Waals surface area (Å²) in [5.74, 6) is -0.215. The van der Waals surface area contributed by atoms with E-state index in [2.05, 4.69) is 0 Å². The summed E-state index contributed by atoms with van der Waals surface area (Å²) in [5.41, 5.74) is 2.00. The molecule has 0 saturated heterocycles. The molecule has 0 N–H and O–H groups in total. The van der Waals surface area contributed by atoms with Gasteiger partial charge in [0.15, 0.2) is 6.29 Å². The van der Waals surface area contributed by atoms with Crippen LogP contribution in [0.25, 0.3) is 0 Å². The minimum Gasteiger partial charge on any atom is -0.353 e. The third-order valence-electron chi connectivity index (χ3n) is 2.40. The van der Waals surface area contributed by atoms with Gasteiger partial charge in [0, 0.05) is 19.6 Å². The van der Waals surface area contributed by atoms with Crippen molar-refractivity contribution in [2.24, 2.45) is 0 Å². The van der Waals surface area contributed by atoms with Gasteiger partial charge < -0.3 is 9.47 Å². The molecule has 3 heteroatoms. The monoisotopic (exact) mass is 226 g/mol. The Hall–Kier alpha value is -0.930. The smallest absolute Gasteiger partial charge is 0.161 e. The van der Waals surface area contributed by atoms with Gasteiger partial charge in [-0.1, -0.05) is 6.07 Å². The Morgan fingerprint density at radius 1 is 1.19 bits per heavy atom. The minimum atomic E-state index is -0.282. The molecule has 0 aliphatic carbocycles. The fourth-order valence-electron chi connectivity index (χ4n) is 1.58. The molecule has 0 radical (unpaired) electrons. The fraction of sp³-hybridized carbons (Fsp3) is 0.538. The molecule has 0 spiro atoms. The maximum atomic E-state index is 13.1. The normalized spacial score (nSPS) is 11.1. The molecule has 0 heterocycles. The molecule has 2 nitrogen and oxygen atoms in total. The van der Waals surface area contributed by atoms with Crippen LogP contribution in [0.3, 0.4) is 0 Å². The van der Waals surface area contributed by atoms with Gasteiger partial charge in [-0.25, -0.2) is 4.39 Å². The van der Waals surface area contributed by atoms with Gasteiger partial charge in [-0.3, -0.25) is 0 Å². The molecule has 0 saturated carbocycles. The lowest BCUT2D eigenvalue weighted by atomic mass is 10.1. The molecule has 16 heavy (non-hydrogen) atoms. The van der Waals surface area contributed by atoms with Gasteiger partial charge in [-0.05, 0) is 44.0 Å². The summed E-state index contributed by atoms with van der Waals surface area (Å²) >= 11 is 0. The van der Waals surface area contributed by atoms with E-state index in [0.29, 0.717) is 19.6 Å². The Morgan fingerprint density at radius 3 is 2.38 bits per heavy atom. The van der Waals surface area contributed by atoms with Crippen LogP contribution in [-0.2, 0) is 15.9 Å². The van der Waals surface area contributed by atoms with E-state index < -0.39 is 0 Å². The molecular weight excluding hydrogens is 207 g/mol. The molecule has 0 bridgehead atoms. The molecule has 1 aromatic rings. The van der Waals surface area contributed by atoms with Gasteiger partial charge in [-0.2, -0.15) is 0 Å². The first-order chi connectivity index (χ1) is 7.67. The Bertz CT molecular complexity index is 320. The van der Waals surface area contributed by atoms with Crippen molar-refractivity contribution in [1.82, 2.24) is 0 Å². The van der Waals surface area contributed by atoms with Crippen molar-refractivity contribution in [3.05, 3.63) is 35.1 Å². The zero-order valence-corrected chi connectivity index (χ0v) is 10.1. The highest BCUT2D eigenvalue weighted by Gasteiger charge is 2.11. The molecule has 0 aromatic heterocycles. The van der Waals surface area contributed by atoms with E-state index in [1.54, 1.807) is 12.1 Å². The first kappa shape index (κ1) is 13.1. The molecule has 1 rings (SSSR count). The van der Waals surface area contributed by atoms with Gasteiger partial charge in [0.2, 0.25) is 0 Å². The molecule has 0 aliphatic rings. The number of benzene rings is 1. The van der Waals surface area contributed by atoms with E-state index >= 15 is 0 Å². The Kier molecular flexibility index (Phi) is 5.43. The van der Waals surface area contributed by atoms with Crippen molar-refractivity contribution in [3.8, 4) is 0 Å². The van der Waals surface area contributed by atoms with Crippen LogP contribution >= 0.6 is 0 Å². The van der Waals surface area contributed by atoms with Crippen LogP contribution in [0.15, 0.2) is 18.2 Å². The van der Waals surface area contributed by atoms with Crippen LogP contribution in [-0.4, -0.2) is 19.5 Å². The molecule has 1 aromatic carbocycles. The lowest BCUT2D eigenvalue weighted by Crippen LogP contribution is -2.20. The van der Waals surface area contributed by atoms with Crippen molar-refractivity contribution >= 4 is 0 Å². The first-order valence-electron chi connectivity index (χ1n) is 5.65. The van der Waals surface area contributed by atoms with Crippen LogP contribution in [0.1, 0.15) is 25.0 Å². The second-order valence-electron chi connectivity index (χ2n) is 3.62. The van der Waals surface area contributed by atoms with E-state index in [0.717, 1.165) is 11.1 Å². The summed E-state index contributed by atoms with van der Waals surface area (Å²) in [6.07, 6.45) is 0.307. The van der Waals surface area contributed by atoms with E-state index in [9.17, 15) is 4.39 Å². The maximum absolute atomic E-state index is 13.1. The Balaban J connectivity index is 2.71. The van der Waals surface area contributed by atoms with Crippen LogP contribution in [0.2, 0.25) is 0 Å². The highest BCUT2D eigenvalue weighted by Crippen LogP contribution is 2.14. The standard InChI is InChI=1S/C13H19FO2/c1-4-15-13(16-5-2)9-11-8-12(14)7-6-10(11)3/h6-8,13H,4-5,9H2,1-3H3. The average Bonchev–Trinajstić information content (AvgIpc) is 2.24. The van der Waals surface area contributed by atoms with E-state index in [4.69, 9.17) is 9.47 Å². The van der Waals surface area contributed by atoms with E-state index in [-0.39, 0.29) is 12.1 Å². The van der Waals surface area contributed by atoms with Gasteiger partial charge in [0.1, 0.15) is 5.82 Å². The predicted molar refractivity (Wildman–Crippen MR) is 61.9 cm³/mol. The SMILES string of the molecule is CCOC(Cc1cc(F)ccc1C)OCC. The molecule has 0 amide bonds. The van der Waals surface area contributed by atoms with Crippen molar-refractivity contribution in [2.45, 2.75) is 33.5 Å². The van der Waals surface area contributed by atoms with Crippen LogP contribution in [0, 0.1) is 12.7 Å². The van der Waals surface area contributed by atoms with E-state index in [1.165, 1.54) is 6.07 Å². The third kappa shape index (κ3) is 3.91. The Labute approximate surface area is 96.4 Å². The number of rotatable bonds is 6. The Morgan fingerprint density at radius 2 is 1.81 bits per heavy atom. The first-order valence-corrected chi connectivity index (χ1v) is 5.65. The van der Waals surface area contributed by atoms with Crippen molar-refractivity contribution in [1.29, 1.82) is 0 Å². The van der Waals surface area contributed by atoms with Gasteiger partial charge in [-0.15, -0.1) is 0 Å². The van der Waals surface area contributed by atoms with Crippen LogP contribution in [0.4, 0.5) is 4.39 Å². The van der Waals surface area contributed by atoms with Crippen molar-refractivity contribution in [2.75, 3.05) is 13.2 Å². The predicted octanol–water partition coefficient (Wildman–Crippen LogP) is 3.08. The van der Waals surface area contributed by atoms with Crippen molar-refractivity contribution < 1.29 is 13.9 Å². The van der Waals surface area contributed by atoms with Crippen molar-refractivity contribution in [3.63, 3.8) is 0 Å². The fourth-order valence-corrected chi connectivity index (χ4v) is 1.58. The summed E-state index contributed by atoms with van der Waals surface area (Å²) < 4.78 is 24.0. The van der Waals surface area contributed by atoms with Gasteiger partial charge >= 0.3 is 0 Å². The second-order valence-corrected chi connectivity index (χ2v) is 3.62. The maximum Gasteiger partial charge on any atom is 0.161 e. The quantitative estimate of drug-likeness (QED) is 0.694. The number of aryl methyl sites for hydroxylation is 1. The molecule has 0 aliphatic heterocycles. The van der Waals surface area contributed by atoms with Gasteiger partial charge in [0.05, 0.1) is 0 Å². The number of hydrogen-bond acceptors (Lipinski definition) is 2. The average molecular weight is 226 g/mol. The highest BCUT2D eigenvalue weighted by atomic mass is 19.1. The molecule has 0 unspecified atom stereocenters. The second kappa shape index (κ2) is 6.61. The molecule has 0 atom stereocenters. The van der Waals surface area contributed by atoms with Crippen LogP contribution in [0.5, 0.6) is 0 Å². The summed E-state index contributed by atoms with van der Waals surface area (Å²) in [6, 6.07) is 4.79. The summed E-state index contributed by atoms with van der Waals surface area (Å²) in [5, 5.41) is 0. The number of hydrogen-bond donors (Lipinski definition) is 0. The number of ether oxygens (including phenoxy) is 2. The minimum absolute atomic E-state index is 0.215. The molecular formula is C13H19FO2. The summed E-state index contributed by atoms with van der Waals surface area (Å²) in [6.45, 7) is 7.00. The lowest BCUT2D eigenvalue weighted by Gasteiger charge is -2.18. The third-order valence-corrected chi connectivity index (χ3v) is 2.40. The summed E-state index contributed by atoms with van der Waals surface area (Å²) in [7, 11) is 0. The largest absolute Gasteiger partial charge is 0.353 e. The zero-order valence-electron chi connectivity index (χ0n) is 10.1. The lowest BCUT2D eigenvalue weighted by molar-refractivity contribution is -0.134. The molecule has 90 valence electrons. The number of halogens is 1. The van der Waals surface area contributed by atoms with Crippen LogP contribution < -0.4 is 0 Å². The van der Waals surface area contributed by atoms with E-state index in [1.807, 2.05) is 20.8 Å².